The normalized spacial score (nSPS) is 11.7. The number of phenolic OH excluding ortho intramolecular Hbond substituents is 1. The third-order valence-corrected chi connectivity index (χ3v) is 7.56. The van der Waals surface area contributed by atoms with Crippen molar-refractivity contribution in [3.8, 4) is 5.75 Å². The zero-order valence-corrected chi connectivity index (χ0v) is 16.4. The molecule has 0 atom stereocenters. The van der Waals surface area contributed by atoms with Crippen molar-refractivity contribution >= 4 is 24.4 Å². The van der Waals surface area contributed by atoms with E-state index in [0.29, 0.717) is 5.75 Å². The van der Waals surface area contributed by atoms with E-state index in [4.69, 9.17) is 0 Å². The van der Waals surface area contributed by atoms with E-state index in [1.807, 2.05) is 18.2 Å². The predicted octanol–water partition coefficient (Wildman–Crippen LogP) is 3.51. The van der Waals surface area contributed by atoms with Crippen LogP contribution in [0.1, 0.15) is 31.9 Å². The van der Waals surface area contributed by atoms with Gasteiger partial charge in [0.1, 0.15) is 5.75 Å². The van der Waals surface area contributed by atoms with Crippen LogP contribution in [0.15, 0.2) is 72.8 Å². The molecule has 0 spiro atoms. The molecule has 3 aromatic carbocycles. The van der Waals surface area contributed by atoms with Gasteiger partial charge in [0.15, 0.2) is 8.80 Å². The van der Waals surface area contributed by atoms with E-state index in [0.717, 1.165) is 5.19 Å². The lowest BCUT2D eigenvalue weighted by molar-refractivity contribution is 0.478. The van der Waals surface area contributed by atoms with Crippen LogP contribution in [0.25, 0.3) is 0 Å². The van der Waals surface area contributed by atoms with Crippen molar-refractivity contribution in [2.75, 3.05) is 0 Å². The summed E-state index contributed by atoms with van der Waals surface area (Å²) in [5.74, 6) is 0.397. The van der Waals surface area contributed by atoms with Gasteiger partial charge in [-0.3, -0.25) is 0 Å². The van der Waals surface area contributed by atoms with Gasteiger partial charge in [-0.2, -0.15) is 0 Å². The number of phenols is 1. The third-order valence-electron chi connectivity index (χ3n) is 4.61. The van der Waals surface area contributed by atoms with Crippen molar-refractivity contribution in [1.82, 2.24) is 0 Å². The van der Waals surface area contributed by atoms with E-state index in [1.165, 1.54) is 21.5 Å². The van der Waals surface area contributed by atoms with Gasteiger partial charge in [0.05, 0.1) is 0 Å². The lowest BCUT2D eigenvalue weighted by Crippen LogP contribution is -2.53. The first kappa shape index (κ1) is 17.5. The Morgan fingerprint density at radius 3 is 2.04 bits per heavy atom. The Bertz CT molecular complexity index is 863. The molecule has 0 unspecified atom stereocenters. The Morgan fingerprint density at radius 2 is 1.40 bits per heavy atom. The molecule has 0 heterocycles. The molecule has 1 N–H and O–H groups in total. The summed E-state index contributed by atoms with van der Waals surface area (Å²) in [5, 5.41) is 14.4. The van der Waals surface area contributed by atoms with Gasteiger partial charge in [-0.1, -0.05) is 98.3 Å². The molecule has 1 nitrogen and oxygen atoms in total. The molecule has 2 heteroatoms. The van der Waals surface area contributed by atoms with Crippen LogP contribution < -0.4 is 15.6 Å². The van der Waals surface area contributed by atoms with E-state index >= 15 is 0 Å². The van der Waals surface area contributed by atoms with Gasteiger partial charge in [0.25, 0.3) is 0 Å². The van der Waals surface area contributed by atoms with Gasteiger partial charge in [-0.25, -0.2) is 0 Å². The summed E-state index contributed by atoms with van der Waals surface area (Å²) in [6, 6.07) is 25.3. The minimum atomic E-state index is -1.27. The molecule has 0 bridgehead atoms. The number of hydrogen-bond acceptors (Lipinski definition) is 1. The molecule has 0 saturated carbocycles. The average molecular weight is 346 g/mol. The predicted molar refractivity (Wildman–Crippen MR) is 109 cm³/mol. The first-order valence-electron chi connectivity index (χ1n) is 8.70. The summed E-state index contributed by atoms with van der Waals surface area (Å²) in [6.45, 7) is 8.80. The van der Waals surface area contributed by atoms with Crippen molar-refractivity contribution in [2.45, 2.75) is 33.1 Å². The van der Waals surface area contributed by atoms with Crippen LogP contribution in [0.3, 0.4) is 0 Å². The second-order valence-corrected chi connectivity index (χ2v) is 9.94. The maximum atomic E-state index is 10.7. The second kappa shape index (κ2) is 6.89. The van der Waals surface area contributed by atoms with Gasteiger partial charge in [-0.15, -0.1) is 0 Å². The summed E-state index contributed by atoms with van der Waals surface area (Å²) < 4.78 is 0. The molecule has 0 fully saturated rings. The second-order valence-electron chi connectivity index (χ2n) is 7.54. The molecule has 0 aromatic heterocycles. The van der Waals surface area contributed by atoms with Crippen LogP contribution in [-0.4, -0.2) is 13.9 Å². The molecule has 0 saturated heterocycles. The van der Waals surface area contributed by atoms with Crippen molar-refractivity contribution in [2.24, 2.45) is 0 Å². The summed E-state index contributed by atoms with van der Waals surface area (Å²) in [6.07, 6.45) is 0. The topological polar surface area (TPSA) is 20.2 Å². The summed E-state index contributed by atoms with van der Waals surface area (Å²) >= 11 is 0. The quantitative estimate of drug-likeness (QED) is 0.569. The minimum Gasteiger partial charge on any atom is -0.508 e. The summed E-state index contributed by atoms with van der Waals surface area (Å²) in [7, 11) is -1.27. The van der Waals surface area contributed by atoms with Gasteiger partial charge < -0.3 is 5.11 Å². The van der Waals surface area contributed by atoms with E-state index in [1.54, 1.807) is 0 Å². The van der Waals surface area contributed by atoms with E-state index in [-0.39, 0.29) is 5.41 Å². The van der Waals surface area contributed by atoms with Crippen LogP contribution >= 0.6 is 0 Å². The van der Waals surface area contributed by atoms with Crippen LogP contribution in [0.5, 0.6) is 5.75 Å². The maximum absolute atomic E-state index is 10.7. The Labute approximate surface area is 152 Å². The molecule has 0 aliphatic heterocycles. The monoisotopic (exact) mass is 345 g/mol. The lowest BCUT2D eigenvalue weighted by Gasteiger charge is -2.24. The average Bonchev–Trinajstić information content (AvgIpc) is 2.58. The standard InChI is InChI=1S/C23H25OSi/c1-17-10-8-9-13-21(17)25(19-11-6-5-7-12-19)22-16-18(23(2,3)4)14-15-20(22)24/h5-16,24H,1-4H3. The largest absolute Gasteiger partial charge is 0.508 e. The van der Waals surface area contributed by atoms with Crippen LogP contribution in [0.4, 0.5) is 0 Å². The molecule has 3 aromatic rings. The van der Waals surface area contributed by atoms with Crippen molar-refractivity contribution in [3.05, 3.63) is 83.9 Å². The number of benzene rings is 3. The highest BCUT2D eigenvalue weighted by Gasteiger charge is 2.26. The van der Waals surface area contributed by atoms with Crippen LogP contribution in [0, 0.1) is 6.92 Å². The Kier molecular flexibility index (Phi) is 4.82. The Morgan fingerprint density at radius 1 is 0.760 bits per heavy atom. The molecule has 3 rings (SSSR count). The highest BCUT2D eigenvalue weighted by molar-refractivity contribution is 6.96. The van der Waals surface area contributed by atoms with E-state index in [9.17, 15) is 5.11 Å². The number of aromatic hydroxyl groups is 1. The van der Waals surface area contributed by atoms with Crippen molar-refractivity contribution in [1.29, 1.82) is 0 Å². The Hall–Kier alpha value is -2.32. The van der Waals surface area contributed by atoms with Crippen LogP contribution in [0.2, 0.25) is 0 Å². The highest BCUT2D eigenvalue weighted by Crippen LogP contribution is 2.23. The fourth-order valence-electron chi connectivity index (χ4n) is 3.12. The van der Waals surface area contributed by atoms with Gasteiger partial charge >= 0.3 is 0 Å². The van der Waals surface area contributed by atoms with E-state index < -0.39 is 8.80 Å². The Balaban J connectivity index is 2.25. The maximum Gasteiger partial charge on any atom is 0.159 e. The first-order chi connectivity index (χ1) is 11.9. The van der Waals surface area contributed by atoms with Gasteiger partial charge in [0.2, 0.25) is 0 Å². The van der Waals surface area contributed by atoms with Crippen molar-refractivity contribution in [3.63, 3.8) is 0 Å². The first-order valence-corrected chi connectivity index (χ1v) is 10.2. The number of rotatable bonds is 3. The van der Waals surface area contributed by atoms with Gasteiger partial charge in [0, 0.05) is 0 Å². The summed E-state index contributed by atoms with van der Waals surface area (Å²) in [5.41, 5.74) is 2.59. The molecule has 1 radical (unpaired) electrons. The molecule has 0 amide bonds. The highest BCUT2D eigenvalue weighted by atomic mass is 28.3. The number of hydrogen-bond donors (Lipinski definition) is 1. The minimum absolute atomic E-state index is 0.0534. The lowest BCUT2D eigenvalue weighted by atomic mass is 9.87. The molecular formula is C23H25OSi. The van der Waals surface area contributed by atoms with Gasteiger partial charge in [-0.05, 0) is 34.3 Å². The zero-order valence-electron chi connectivity index (χ0n) is 15.4. The molecule has 0 aliphatic rings. The molecular weight excluding hydrogens is 320 g/mol. The fourth-order valence-corrected chi connectivity index (χ4v) is 5.93. The molecule has 127 valence electrons. The fraction of sp³-hybridized carbons (Fsp3) is 0.217. The van der Waals surface area contributed by atoms with E-state index in [2.05, 4.69) is 82.3 Å². The summed E-state index contributed by atoms with van der Waals surface area (Å²) in [4.78, 5) is 0. The molecule has 0 aliphatic carbocycles. The zero-order chi connectivity index (χ0) is 18.0. The van der Waals surface area contributed by atoms with Crippen LogP contribution in [-0.2, 0) is 5.41 Å². The SMILES string of the molecule is Cc1ccccc1[Si](c1ccccc1)c1cc(C(C)(C)C)ccc1O. The third kappa shape index (κ3) is 3.69. The number of aryl methyl sites for hydroxylation is 1. The van der Waals surface area contributed by atoms with Crippen molar-refractivity contribution < 1.29 is 5.11 Å². The molecule has 25 heavy (non-hydrogen) atoms. The smallest absolute Gasteiger partial charge is 0.159 e.